The van der Waals surface area contributed by atoms with Crippen molar-refractivity contribution in [3.8, 4) is 11.5 Å². The van der Waals surface area contributed by atoms with Gasteiger partial charge in [0.2, 0.25) is 0 Å². The summed E-state index contributed by atoms with van der Waals surface area (Å²) in [5.74, 6) is -7.08. The lowest BCUT2D eigenvalue weighted by atomic mass is 9.95. The Bertz CT molecular complexity index is 1580. The highest BCUT2D eigenvalue weighted by Crippen LogP contribution is 2.29. The van der Waals surface area contributed by atoms with E-state index in [4.69, 9.17) is 26.8 Å². The van der Waals surface area contributed by atoms with Crippen LogP contribution in [0.5, 0.6) is 11.5 Å². The lowest BCUT2D eigenvalue weighted by molar-refractivity contribution is -0.193. The van der Waals surface area contributed by atoms with Crippen LogP contribution in [0.2, 0.25) is 5.02 Å². The molecule has 0 fully saturated rings. The molecule has 1 aromatic carbocycles. The van der Waals surface area contributed by atoms with Gasteiger partial charge in [-0.2, -0.15) is 26.3 Å². The maximum Gasteiger partial charge on any atom is 0.458 e. The minimum absolute atomic E-state index is 0.0165. The van der Waals surface area contributed by atoms with Crippen LogP contribution in [0.4, 0.5) is 42.2 Å². The van der Waals surface area contributed by atoms with Crippen LogP contribution in [0.3, 0.4) is 0 Å². The van der Waals surface area contributed by atoms with Gasteiger partial charge in [-0.15, -0.1) is 0 Å². The molecule has 19 heteroatoms. The molecule has 3 rings (SSSR count). The van der Waals surface area contributed by atoms with E-state index in [2.05, 4.69) is 20.6 Å². The van der Waals surface area contributed by atoms with Gasteiger partial charge in [-0.1, -0.05) is 25.4 Å². The fourth-order valence-corrected chi connectivity index (χ4v) is 3.26. The van der Waals surface area contributed by atoms with Crippen molar-refractivity contribution in [2.45, 2.75) is 26.2 Å². The standard InChI is InChI=1S/C25H27ClFN5O4.C4F6O2/c1-25(2,14-28)15-36-20-12-17(35-11-9-27)6-7-18(20)23(33)31-19-4-3-10-29-22(19)24(34)32-21-8-5-16(26)13-30-21;5-3(6,7)1(11)2(12)4(8,9)10/h3-8,10,12-13H,9,11,14-15,28H2,1-2H3,(H,31,33)(H,30,32,34);. The molecule has 0 aliphatic rings. The Morgan fingerprint density at radius 1 is 0.875 bits per heavy atom. The number of carbonyl (C=O) groups is 4. The van der Waals surface area contributed by atoms with Crippen LogP contribution in [0.25, 0.3) is 0 Å². The number of Topliss-reactive ketones (excluding diaryl/α,β-unsaturated/α-hetero) is 2. The van der Waals surface area contributed by atoms with E-state index in [9.17, 15) is 49.9 Å². The second kappa shape index (κ2) is 16.8. The number of hydrogen-bond acceptors (Lipinski definition) is 9. The summed E-state index contributed by atoms with van der Waals surface area (Å²) in [6.45, 7) is 3.65. The van der Waals surface area contributed by atoms with Crippen LogP contribution in [0.1, 0.15) is 34.7 Å². The highest BCUT2D eigenvalue weighted by atomic mass is 35.5. The van der Waals surface area contributed by atoms with Crippen molar-refractivity contribution in [2.24, 2.45) is 11.1 Å². The molecule has 0 aliphatic heterocycles. The third-order valence-corrected chi connectivity index (χ3v) is 5.90. The summed E-state index contributed by atoms with van der Waals surface area (Å²) < 4.78 is 90.8. The molecule has 0 atom stereocenters. The molecule has 2 aromatic heterocycles. The van der Waals surface area contributed by atoms with E-state index in [1.165, 1.54) is 30.6 Å². The van der Waals surface area contributed by atoms with Gasteiger partial charge in [0.1, 0.15) is 30.6 Å². The van der Waals surface area contributed by atoms with E-state index in [1.807, 2.05) is 13.8 Å². The molecule has 11 nitrogen and oxygen atoms in total. The van der Waals surface area contributed by atoms with E-state index < -0.39 is 42.4 Å². The lowest BCUT2D eigenvalue weighted by Crippen LogP contribution is -2.39. The summed E-state index contributed by atoms with van der Waals surface area (Å²) in [5.41, 5.74) is 5.79. The topological polar surface area (TPSA) is 163 Å². The monoisotopic (exact) mass is 709 g/mol. The summed E-state index contributed by atoms with van der Waals surface area (Å²) >= 11 is 5.83. The maximum absolute atomic E-state index is 13.2. The number of carbonyl (C=O) groups excluding carboxylic acids is 4. The predicted octanol–water partition coefficient (Wildman–Crippen LogP) is 5.60. The second-order valence-electron chi connectivity index (χ2n) is 10.2. The van der Waals surface area contributed by atoms with Crippen molar-refractivity contribution >= 4 is 46.5 Å². The molecule has 0 bridgehead atoms. The van der Waals surface area contributed by atoms with Gasteiger partial charge in [0.15, 0.2) is 5.69 Å². The predicted molar refractivity (Wildman–Crippen MR) is 158 cm³/mol. The van der Waals surface area contributed by atoms with Gasteiger partial charge >= 0.3 is 23.9 Å². The Morgan fingerprint density at radius 3 is 2.06 bits per heavy atom. The number of pyridine rings is 2. The molecule has 4 N–H and O–H groups in total. The number of halogens is 8. The smallest absolute Gasteiger partial charge is 0.458 e. The number of anilines is 2. The van der Waals surface area contributed by atoms with Gasteiger partial charge in [0.25, 0.3) is 11.8 Å². The van der Waals surface area contributed by atoms with Crippen LogP contribution < -0.4 is 25.8 Å². The molecule has 2 amide bonds. The Kier molecular flexibility index (Phi) is 13.8. The molecule has 3 aromatic rings. The van der Waals surface area contributed by atoms with Gasteiger partial charge in [0.05, 0.1) is 22.9 Å². The van der Waals surface area contributed by atoms with Gasteiger partial charge in [0, 0.05) is 30.4 Å². The maximum atomic E-state index is 13.2. The largest absolute Gasteiger partial charge is 0.492 e. The number of alkyl halides is 7. The number of ether oxygens (including phenoxy) is 2. The summed E-state index contributed by atoms with van der Waals surface area (Å²) in [6, 6.07) is 10.8. The minimum atomic E-state index is -5.77. The first-order valence-corrected chi connectivity index (χ1v) is 13.7. The molecule has 260 valence electrons. The number of aromatic nitrogens is 2. The number of hydrogen-bond donors (Lipinski definition) is 3. The molecule has 0 aliphatic carbocycles. The van der Waals surface area contributed by atoms with Gasteiger partial charge in [-0.05, 0) is 36.4 Å². The molecule has 48 heavy (non-hydrogen) atoms. The molecular weight excluding hydrogens is 683 g/mol. The molecule has 0 radical (unpaired) electrons. The first-order chi connectivity index (χ1) is 22.3. The zero-order valence-electron chi connectivity index (χ0n) is 25.0. The quantitative estimate of drug-likeness (QED) is 0.161. The number of rotatable bonds is 12. The van der Waals surface area contributed by atoms with E-state index in [0.717, 1.165) is 0 Å². The summed E-state index contributed by atoms with van der Waals surface area (Å²) in [4.78, 5) is 53.4. The summed E-state index contributed by atoms with van der Waals surface area (Å²) in [5, 5.41) is 5.75. The molecule has 0 saturated heterocycles. The first kappa shape index (κ1) is 39.3. The minimum Gasteiger partial charge on any atom is -0.492 e. The van der Waals surface area contributed by atoms with Crippen molar-refractivity contribution in [2.75, 3.05) is 37.1 Å². The fourth-order valence-electron chi connectivity index (χ4n) is 3.15. The number of nitrogens with two attached hydrogens (primary N) is 1. The highest BCUT2D eigenvalue weighted by Gasteiger charge is 2.54. The van der Waals surface area contributed by atoms with Gasteiger partial charge < -0.3 is 25.8 Å². The van der Waals surface area contributed by atoms with Crippen LogP contribution in [0, 0.1) is 5.41 Å². The third kappa shape index (κ3) is 12.1. The Labute approximate surface area is 273 Å². The van der Waals surface area contributed by atoms with Crippen molar-refractivity contribution in [1.82, 2.24) is 9.97 Å². The van der Waals surface area contributed by atoms with Crippen LogP contribution >= 0.6 is 11.6 Å². The molecule has 0 spiro atoms. The zero-order chi connectivity index (χ0) is 36.3. The van der Waals surface area contributed by atoms with Crippen molar-refractivity contribution < 1.29 is 59.4 Å². The number of amides is 2. The number of nitrogens with zero attached hydrogens (tertiary/aromatic N) is 2. The molecule has 2 heterocycles. The van der Waals surface area contributed by atoms with Gasteiger partial charge in [-0.3, -0.25) is 19.2 Å². The van der Waals surface area contributed by atoms with E-state index in [-0.39, 0.29) is 47.1 Å². The molecule has 0 saturated carbocycles. The van der Waals surface area contributed by atoms with Crippen molar-refractivity contribution in [3.63, 3.8) is 0 Å². The Balaban J connectivity index is 0.000000567. The normalized spacial score (nSPS) is 11.5. The third-order valence-electron chi connectivity index (χ3n) is 5.68. The average molecular weight is 710 g/mol. The average Bonchev–Trinajstić information content (AvgIpc) is 3.02. The van der Waals surface area contributed by atoms with Crippen molar-refractivity contribution in [3.05, 3.63) is 71.1 Å². The van der Waals surface area contributed by atoms with Crippen LogP contribution in [0.15, 0.2) is 54.9 Å². The molecule has 0 unspecified atom stereocenters. The van der Waals surface area contributed by atoms with E-state index in [0.29, 0.717) is 17.3 Å². The number of ketones is 2. The first-order valence-electron chi connectivity index (χ1n) is 13.4. The Hall–Kier alpha value is -4.84. The summed E-state index contributed by atoms with van der Waals surface area (Å²) in [6.07, 6.45) is -8.72. The van der Waals surface area contributed by atoms with Crippen LogP contribution in [-0.4, -0.2) is 72.1 Å². The van der Waals surface area contributed by atoms with E-state index >= 15 is 0 Å². The number of benzene rings is 1. The highest BCUT2D eigenvalue weighted by molar-refractivity contribution is 6.41. The molecular formula is C29H27ClF7N5O6. The van der Waals surface area contributed by atoms with Crippen molar-refractivity contribution in [1.29, 1.82) is 0 Å². The Morgan fingerprint density at radius 2 is 1.52 bits per heavy atom. The second-order valence-corrected chi connectivity index (χ2v) is 10.6. The number of nitrogens with one attached hydrogen (secondary N) is 2. The zero-order valence-corrected chi connectivity index (χ0v) is 25.7. The van der Waals surface area contributed by atoms with Gasteiger partial charge in [-0.25, -0.2) is 14.4 Å². The van der Waals surface area contributed by atoms with Crippen LogP contribution in [-0.2, 0) is 9.59 Å². The SMILES string of the molecule is CC(C)(CN)COc1cc(OCCF)ccc1C(=O)Nc1cccnc1C(=O)Nc1ccc(Cl)cn1.O=C(C(=O)C(F)(F)F)C(F)(F)F. The van der Waals surface area contributed by atoms with E-state index in [1.54, 1.807) is 24.3 Å². The lowest BCUT2D eigenvalue weighted by Gasteiger charge is -2.23. The summed E-state index contributed by atoms with van der Waals surface area (Å²) in [7, 11) is 0. The fraction of sp³-hybridized carbons (Fsp3) is 0.310.